The number of carbonyl (C=O) groups is 1. The number of amides is 1. The summed E-state index contributed by atoms with van der Waals surface area (Å²) in [6.45, 7) is 6.08. The standard InChI is InChI=1S/C14H21N3O2/c1-10(2)19-14-12(4-3-6-16-14)9-17-13(18)11-5-7-15-8-11/h3-4,6,10-11,15H,5,7-9H2,1-2H3,(H,17,18). The lowest BCUT2D eigenvalue weighted by Gasteiger charge is -2.14. The van der Waals surface area contributed by atoms with Crippen LogP contribution in [0.4, 0.5) is 0 Å². The van der Waals surface area contributed by atoms with Crippen molar-refractivity contribution in [2.45, 2.75) is 32.9 Å². The number of ether oxygens (including phenoxy) is 1. The number of pyridine rings is 1. The predicted octanol–water partition coefficient (Wildman–Crippen LogP) is 1.09. The lowest BCUT2D eigenvalue weighted by molar-refractivity contribution is -0.124. The highest BCUT2D eigenvalue weighted by Gasteiger charge is 2.22. The van der Waals surface area contributed by atoms with E-state index in [0.717, 1.165) is 25.1 Å². The second-order valence-electron chi connectivity index (χ2n) is 5.04. The minimum atomic E-state index is 0.0726. The van der Waals surface area contributed by atoms with Crippen LogP contribution in [0.3, 0.4) is 0 Å². The minimum absolute atomic E-state index is 0.0726. The van der Waals surface area contributed by atoms with Gasteiger partial charge in [0, 0.05) is 24.8 Å². The first-order chi connectivity index (χ1) is 9.16. The molecule has 104 valence electrons. The molecule has 1 saturated heterocycles. The predicted molar refractivity (Wildman–Crippen MR) is 72.8 cm³/mol. The first-order valence-corrected chi connectivity index (χ1v) is 6.76. The fraction of sp³-hybridized carbons (Fsp3) is 0.571. The van der Waals surface area contributed by atoms with Crippen molar-refractivity contribution in [2.24, 2.45) is 5.92 Å². The summed E-state index contributed by atoms with van der Waals surface area (Å²) < 4.78 is 5.63. The number of rotatable bonds is 5. The van der Waals surface area contributed by atoms with Gasteiger partial charge in [0.1, 0.15) is 0 Å². The number of aromatic nitrogens is 1. The van der Waals surface area contributed by atoms with Gasteiger partial charge in [0.25, 0.3) is 0 Å². The molecular formula is C14H21N3O2. The van der Waals surface area contributed by atoms with E-state index in [9.17, 15) is 4.79 Å². The van der Waals surface area contributed by atoms with Gasteiger partial charge in [0.05, 0.1) is 12.0 Å². The third-order valence-electron chi connectivity index (χ3n) is 3.08. The summed E-state index contributed by atoms with van der Waals surface area (Å²) in [5, 5.41) is 6.15. The van der Waals surface area contributed by atoms with Crippen LogP contribution >= 0.6 is 0 Å². The number of nitrogens with one attached hydrogen (secondary N) is 2. The van der Waals surface area contributed by atoms with Gasteiger partial charge in [0.15, 0.2) is 0 Å². The van der Waals surface area contributed by atoms with Gasteiger partial charge in [0.2, 0.25) is 11.8 Å². The summed E-state index contributed by atoms with van der Waals surface area (Å²) >= 11 is 0. The molecule has 19 heavy (non-hydrogen) atoms. The molecule has 1 aliphatic rings. The highest BCUT2D eigenvalue weighted by molar-refractivity contribution is 5.79. The van der Waals surface area contributed by atoms with Crippen LogP contribution in [0.1, 0.15) is 25.8 Å². The molecule has 0 spiro atoms. The Bertz CT molecular complexity index is 428. The molecule has 1 unspecified atom stereocenters. The summed E-state index contributed by atoms with van der Waals surface area (Å²) in [5.41, 5.74) is 0.913. The van der Waals surface area contributed by atoms with Crippen LogP contribution in [0, 0.1) is 5.92 Å². The Morgan fingerprint density at radius 1 is 1.63 bits per heavy atom. The maximum absolute atomic E-state index is 11.9. The van der Waals surface area contributed by atoms with Gasteiger partial charge in [-0.1, -0.05) is 6.07 Å². The molecule has 1 aromatic rings. The minimum Gasteiger partial charge on any atom is -0.475 e. The normalized spacial score (nSPS) is 18.6. The zero-order chi connectivity index (χ0) is 13.7. The molecule has 2 N–H and O–H groups in total. The van der Waals surface area contributed by atoms with Crippen molar-refractivity contribution >= 4 is 5.91 Å². The SMILES string of the molecule is CC(C)Oc1ncccc1CNC(=O)C1CCNC1. The highest BCUT2D eigenvalue weighted by Crippen LogP contribution is 2.16. The van der Waals surface area contributed by atoms with Crippen LogP contribution in [0.25, 0.3) is 0 Å². The number of hydrogen-bond donors (Lipinski definition) is 2. The molecule has 0 aliphatic carbocycles. The van der Waals surface area contributed by atoms with Gasteiger partial charge in [-0.05, 0) is 32.9 Å². The fourth-order valence-corrected chi connectivity index (χ4v) is 2.09. The van der Waals surface area contributed by atoms with Crippen molar-refractivity contribution in [3.8, 4) is 5.88 Å². The Morgan fingerprint density at radius 3 is 3.16 bits per heavy atom. The van der Waals surface area contributed by atoms with Crippen LogP contribution in [0.15, 0.2) is 18.3 Å². The number of carbonyl (C=O) groups excluding carboxylic acids is 1. The Hall–Kier alpha value is -1.62. The molecule has 0 bridgehead atoms. The highest BCUT2D eigenvalue weighted by atomic mass is 16.5. The Morgan fingerprint density at radius 2 is 2.47 bits per heavy atom. The second-order valence-corrected chi connectivity index (χ2v) is 5.04. The Balaban J connectivity index is 1.93. The van der Waals surface area contributed by atoms with E-state index in [-0.39, 0.29) is 17.9 Å². The summed E-state index contributed by atoms with van der Waals surface area (Å²) in [7, 11) is 0. The van der Waals surface area contributed by atoms with E-state index < -0.39 is 0 Å². The van der Waals surface area contributed by atoms with Crippen LogP contribution < -0.4 is 15.4 Å². The van der Waals surface area contributed by atoms with E-state index in [1.165, 1.54) is 0 Å². The van der Waals surface area contributed by atoms with Crippen molar-refractivity contribution in [1.82, 2.24) is 15.6 Å². The average molecular weight is 263 g/mol. The topological polar surface area (TPSA) is 63.2 Å². The zero-order valence-corrected chi connectivity index (χ0v) is 11.5. The number of nitrogens with zero attached hydrogens (tertiary/aromatic N) is 1. The second kappa shape index (κ2) is 6.52. The van der Waals surface area contributed by atoms with E-state index in [1.54, 1.807) is 6.20 Å². The van der Waals surface area contributed by atoms with Gasteiger partial charge >= 0.3 is 0 Å². The summed E-state index contributed by atoms with van der Waals surface area (Å²) in [6, 6.07) is 3.78. The maximum Gasteiger partial charge on any atom is 0.224 e. The molecule has 1 aromatic heterocycles. The third kappa shape index (κ3) is 3.92. The van der Waals surface area contributed by atoms with Gasteiger partial charge in [-0.2, -0.15) is 0 Å². The van der Waals surface area contributed by atoms with Crippen LogP contribution in [-0.2, 0) is 11.3 Å². The lowest BCUT2D eigenvalue weighted by Crippen LogP contribution is -2.31. The number of hydrogen-bond acceptors (Lipinski definition) is 4. The molecular weight excluding hydrogens is 242 g/mol. The van der Waals surface area contributed by atoms with Crippen molar-refractivity contribution in [1.29, 1.82) is 0 Å². The average Bonchev–Trinajstić information content (AvgIpc) is 2.90. The molecule has 0 radical (unpaired) electrons. The smallest absolute Gasteiger partial charge is 0.224 e. The van der Waals surface area contributed by atoms with E-state index in [4.69, 9.17) is 4.74 Å². The van der Waals surface area contributed by atoms with Crippen LogP contribution in [-0.4, -0.2) is 30.1 Å². The summed E-state index contributed by atoms with van der Waals surface area (Å²) in [4.78, 5) is 16.1. The van der Waals surface area contributed by atoms with Gasteiger partial charge in [-0.25, -0.2) is 4.98 Å². The van der Waals surface area contributed by atoms with E-state index in [2.05, 4.69) is 15.6 Å². The lowest BCUT2D eigenvalue weighted by atomic mass is 10.1. The van der Waals surface area contributed by atoms with Gasteiger partial charge in [-0.15, -0.1) is 0 Å². The third-order valence-corrected chi connectivity index (χ3v) is 3.08. The van der Waals surface area contributed by atoms with Crippen molar-refractivity contribution in [2.75, 3.05) is 13.1 Å². The first-order valence-electron chi connectivity index (χ1n) is 6.76. The van der Waals surface area contributed by atoms with Crippen molar-refractivity contribution in [3.05, 3.63) is 23.9 Å². The Labute approximate surface area is 113 Å². The van der Waals surface area contributed by atoms with Crippen molar-refractivity contribution < 1.29 is 9.53 Å². The van der Waals surface area contributed by atoms with Gasteiger partial charge < -0.3 is 15.4 Å². The summed E-state index contributed by atoms with van der Waals surface area (Å²) in [6.07, 6.45) is 2.68. The largest absolute Gasteiger partial charge is 0.475 e. The molecule has 5 heteroatoms. The molecule has 1 aliphatic heterocycles. The maximum atomic E-state index is 11.9. The molecule has 2 heterocycles. The van der Waals surface area contributed by atoms with Crippen LogP contribution in [0.5, 0.6) is 5.88 Å². The van der Waals surface area contributed by atoms with E-state index in [0.29, 0.717) is 12.4 Å². The molecule has 5 nitrogen and oxygen atoms in total. The zero-order valence-electron chi connectivity index (χ0n) is 11.5. The molecule has 0 saturated carbocycles. The molecule has 1 atom stereocenters. The van der Waals surface area contributed by atoms with Crippen LogP contribution in [0.2, 0.25) is 0 Å². The van der Waals surface area contributed by atoms with E-state index in [1.807, 2.05) is 26.0 Å². The fourth-order valence-electron chi connectivity index (χ4n) is 2.09. The molecule has 0 aromatic carbocycles. The van der Waals surface area contributed by atoms with Crippen molar-refractivity contribution in [3.63, 3.8) is 0 Å². The monoisotopic (exact) mass is 263 g/mol. The molecule has 1 fully saturated rings. The first kappa shape index (κ1) is 13.8. The van der Waals surface area contributed by atoms with Gasteiger partial charge in [-0.3, -0.25) is 4.79 Å². The molecule has 2 rings (SSSR count). The Kier molecular flexibility index (Phi) is 4.74. The summed E-state index contributed by atoms with van der Waals surface area (Å²) in [5.74, 6) is 0.790. The quantitative estimate of drug-likeness (QED) is 0.835. The van der Waals surface area contributed by atoms with E-state index >= 15 is 0 Å². The molecule has 1 amide bonds.